The van der Waals surface area contributed by atoms with Crippen molar-refractivity contribution in [3.8, 4) is 0 Å². The molecule has 0 fully saturated rings. The van der Waals surface area contributed by atoms with Gasteiger partial charge in [-0.05, 0) is 27.2 Å². The zero-order valence-electron chi connectivity index (χ0n) is 9.52. The molecule has 0 aliphatic heterocycles. The normalized spacial score (nSPS) is 15.5. The molecule has 0 rings (SSSR count). The van der Waals surface area contributed by atoms with Crippen molar-refractivity contribution >= 4 is 17.4 Å². The van der Waals surface area contributed by atoms with E-state index < -0.39 is 22.4 Å². The Morgan fingerprint density at radius 2 is 1.43 bits per heavy atom. The van der Waals surface area contributed by atoms with Gasteiger partial charge in [-0.25, -0.2) is 0 Å². The average Bonchev–Trinajstić information content (AvgIpc) is 2.12. The maximum Gasteiger partial charge on any atom is 0.302 e. The van der Waals surface area contributed by atoms with Crippen molar-refractivity contribution in [3.05, 3.63) is 0 Å². The lowest BCUT2D eigenvalue weighted by Gasteiger charge is -2.29. The fourth-order valence-corrected chi connectivity index (χ4v) is 9.52. The Morgan fingerprint density at radius 1 is 1.07 bits per heavy atom. The van der Waals surface area contributed by atoms with Gasteiger partial charge in [-0.1, -0.05) is 6.92 Å². The Morgan fingerprint density at radius 3 is 1.50 bits per heavy atom. The van der Waals surface area contributed by atoms with E-state index in [1.165, 1.54) is 0 Å². The highest BCUT2D eigenvalue weighted by Gasteiger charge is 2.47. The highest BCUT2D eigenvalue weighted by atomic mass is 32.2. The second kappa shape index (κ2) is 5.43. The molecule has 1 atom stereocenters. The SMILES string of the molecule is CCC([P+](CC)(CC)CC)S(=O)(=O)O. The van der Waals surface area contributed by atoms with Gasteiger partial charge in [-0.2, -0.15) is 8.42 Å². The first kappa shape index (κ1) is 14.3. The topological polar surface area (TPSA) is 54.4 Å². The van der Waals surface area contributed by atoms with Gasteiger partial charge in [0.15, 0.2) is 4.99 Å². The minimum Gasteiger partial charge on any atom is -0.283 e. The molecular weight excluding hydrogens is 219 g/mol. The summed E-state index contributed by atoms with van der Waals surface area (Å²) in [4.78, 5) is -0.505. The molecule has 14 heavy (non-hydrogen) atoms. The first-order valence-electron chi connectivity index (χ1n) is 5.20. The van der Waals surface area contributed by atoms with Crippen LogP contribution in [0.2, 0.25) is 0 Å². The fourth-order valence-electron chi connectivity index (χ4n) is 2.16. The van der Waals surface area contributed by atoms with E-state index in [1.54, 1.807) is 0 Å². The van der Waals surface area contributed by atoms with E-state index in [4.69, 9.17) is 0 Å². The Kier molecular flexibility index (Phi) is 5.56. The maximum absolute atomic E-state index is 11.3. The Balaban J connectivity index is 5.15. The van der Waals surface area contributed by atoms with Gasteiger partial charge in [0.25, 0.3) is 0 Å². The molecule has 5 heteroatoms. The molecule has 86 valence electrons. The van der Waals surface area contributed by atoms with Crippen LogP contribution in [0.3, 0.4) is 0 Å². The van der Waals surface area contributed by atoms with Gasteiger partial charge in [0.1, 0.15) is 0 Å². The molecule has 0 radical (unpaired) electrons. The van der Waals surface area contributed by atoms with Crippen molar-refractivity contribution in [2.24, 2.45) is 0 Å². The third kappa shape index (κ3) is 2.91. The van der Waals surface area contributed by atoms with E-state index in [2.05, 4.69) is 0 Å². The molecular formula is C9H22O3PS+. The van der Waals surface area contributed by atoms with Crippen LogP contribution in [0.25, 0.3) is 0 Å². The maximum atomic E-state index is 11.3. The van der Waals surface area contributed by atoms with Crippen LogP contribution in [0.1, 0.15) is 34.1 Å². The Labute approximate surface area is 88.4 Å². The molecule has 0 aliphatic carbocycles. The van der Waals surface area contributed by atoms with Gasteiger partial charge in [0.05, 0.1) is 18.5 Å². The minimum atomic E-state index is -3.86. The summed E-state index contributed by atoms with van der Waals surface area (Å²) in [5.74, 6) is 0. The lowest BCUT2D eigenvalue weighted by atomic mass is 10.6. The third-order valence-electron chi connectivity index (χ3n) is 3.19. The summed E-state index contributed by atoms with van der Waals surface area (Å²) in [5, 5.41) is 0. The van der Waals surface area contributed by atoms with Crippen LogP contribution < -0.4 is 0 Å². The number of hydrogen-bond acceptors (Lipinski definition) is 2. The molecule has 0 aromatic heterocycles. The summed E-state index contributed by atoms with van der Waals surface area (Å²) in [6.07, 6.45) is 3.23. The molecule has 0 bridgehead atoms. The Hall–Kier alpha value is 0.340. The van der Waals surface area contributed by atoms with Crippen LogP contribution in [-0.4, -0.2) is 36.4 Å². The van der Waals surface area contributed by atoms with E-state index in [0.29, 0.717) is 6.42 Å². The van der Waals surface area contributed by atoms with Crippen molar-refractivity contribution < 1.29 is 13.0 Å². The van der Waals surface area contributed by atoms with Crippen molar-refractivity contribution in [1.82, 2.24) is 0 Å². The van der Waals surface area contributed by atoms with E-state index >= 15 is 0 Å². The van der Waals surface area contributed by atoms with Crippen LogP contribution in [-0.2, 0) is 10.1 Å². The zero-order chi connectivity index (χ0) is 11.4. The van der Waals surface area contributed by atoms with Crippen molar-refractivity contribution in [2.45, 2.75) is 39.1 Å². The van der Waals surface area contributed by atoms with Crippen molar-refractivity contribution in [2.75, 3.05) is 18.5 Å². The van der Waals surface area contributed by atoms with Gasteiger partial charge < -0.3 is 0 Å². The van der Waals surface area contributed by atoms with Crippen LogP contribution in [0.4, 0.5) is 0 Å². The largest absolute Gasteiger partial charge is 0.302 e. The van der Waals surface area contributed by atoms with E-state index in [0.717, 1.165) is 18.5 Å². The van der Waals surface area contributed by atoms with Gasteiger partial charge >= 0.3 is 10.1 Å². The summed E-state index contributed by atoms with van der Waals surface area (Å²) >= 11 is 0. The molecule has 3 nitrogen and oxygen atoms in total. The van der Waals surface area contributed by atoms with Crippen LogP contribution in [0.15, 0.2) is 0 Å². The summed E-state index contributed by atoms with van der Waals surface area (Å²) in [5.41, 5.74) is 0. The molecule has 0 aliphatic rings. The minimum absolute atomic E-state index is 0.505. The molecule has 0 heterocycles. The molecule has 0 amide bonds. The lowest BCUT2D eigenvalue weighted by molar-refractivity contribution is 0.477. The van der Waals surface area contributed by atoms with Gasteiger partial charge in [-0.3, -0.25) is 4.55 Å². The van der Waals surface area contributed by atoms with Gasteiger partial charge in [-0.15, -0.1) is 0 Å². The monoisotopic (exact) mass is 241 g/mol. The van der Waals surface area contributed by atoms with Gasteiger partial charge in [0, 0.05) is 7.26 Å². The molecule has 0 saturated carbocycles. The van der Waals surface area contributed by atoms with Crippen LogP contribution >= 0.6 is 7.26 Å². The number of hydrogen-bond donors (Lipinski definition) is 1. The van der Waals surface area contributed by atoms with E-state index in [1.807, 2.05) is 27.7 Å². The molecule has 0 saturated heterocycles. The first-order chi connectivity index (χ1) is 6.37. The van der Waals surface area contributed by atoms with E-state index in [-0.39, 0.29) is 0 Å². The molecule has 1 unspecified atom stereocenters. The van der Waals surface area contributed by atoms with Crippen LogP contribution in [0.5, 0.6) is 0 Å². The lowest BCUT2D eigenvalue weighted by Crippen LogP contribution is -2.27. The smallest absolute Gasteiger partial charge is 0.283 e. The van der Waals surface area contributed by atoms with Crippen LogP contribution in [0, 0.1) is 0 Å². The first-order valence-corrected chi connectivity index (χ1v) is 9.11. The summed E-state index contributed by atoms with van der Waals surface area (Å²) in [7, 11) is -5.37. The summed E-state index contributed by atoms with van der Waals surface area (Å²) in [6, 6.07) is 0. The number of rotatable bonds is 6. The molecule has 1 N–H and O–H groups in total. The molecule has 0 aromatic carbocycles. The quantitative estimate of drug-likeness (QED) is 0.574. The fraction of sp³-hybridized carbons (Fsp3) is 1.00. The second-order valence-electron chi connectivity index (χ2n) is 3.55. The average molecular weight is 241 g/mol. The summed E-state index contributed by atoms with van der Waals surface area (Å²) < 4.78 is 31.7. The zero-order valence-corrected chi connectivity index (χ0v) is 11.2. The Bertz CT molecular complexity index is 249. The predicted octanol–water partition coefficient (Wildman–Crippen LogP) is 2.69. The molecule has 0 spiro atoms. The highest BCUT2D eigenvalue weighted by Crippen LogP contribution is 2.64. The van der Waals surface area contributed by atoms with E-state index in [9.17, 15) is 13.0 Å². The molecule has 0 aromatic rings. The predicted molar refractivity (Wildman–Crippen MR) is 64.2 cm³/mol. The van der Waals surface area contributed by atoms with Gasteiger partial charge in [0.2, 0.25) is 0 Å². The second-order valence-corrected chi connectivity index (χ2v) is 10.5. The summed E-state index contributed by atoms with van der Waals surface area (Å²) in [6.45, 7) is 7.95. The highest BCUT2D eigenvalue weighted by molar-refractivity contribution is 7.99. The standard InChI is InChI=1S/C9H21O3PS/c1-5-9(14(10,11)12)13(6-2,7-3)8-4/h9H,5-8H2,1-4H3/p+1. The third-order valence-corrected chi connectivity index (χ3v) is 11.7. The van der Waals surface area contributed by atoms with Crippen molar-refractivity contribution in [3.63, 3.8) is 0 Å². The van der Waals surface area contributed by atoms with Crippen molar-refractivity contribution in [1.29, 1.82) is 0 Å².